The van der Waals surface area contributed by atoms with Crippen molar-refractivity contribution in [1.82, 2.24) is 0 Å². The average Bonchev–Trinajstić information content (AvgIpc) is 2.92. The maximum atomic E-state index is 2.45. The van der Waals surface area contributed by atoms with E-state index in [9.17, 15) is 0 Å². The Balaban J connectivity index is 2.08. The molecule has 0 aliphatic heterocycles. The van der Waals surface area contributed by atoms with E-state index < -0.39 is 0 Å². The van der Waals surface area contributed by atoms with Crippen LogP contribution >= 0.6 is 7.92 Å². The number of rotatable bonds is 4. The van der Waals surface area contributed by atoms with Crippen LogP contribution in [0, 0.1) is 0 Å². The highest BCUT2D eigenvalue weighted by Crippen LogP contribution is 2.49. The predicted octanol–water partition coefficient (Wildman–Crippen LogP) is 5.50. The molecule has 1 aliphatic carbocycles. The topological polar surface area (TPSA) is 0 Å². The maximum absolute atomic E-state index is 2.45. The van der Waals surface area contributed by atoms with Crippen LogP contribution in [-0.4, -0.2) is 19.5 Å². The van der Waals surface area contributed by atoms with Crippen LogP contribution in [0.1, 0.15) is 29.5 Å². The van der Waals surface area contributed by atoms with E-state index in [1.54, 1.807) is 0 Å². The summed E-state index contributed by atoms with van der Waals surface area (Å²) in [5.74, 6) is 0.487. The van der Waals surface area contributed by atoms with Gasteiger partial charge in [0.15, 0.2) is 0 Å². The molecule has 108 valence electrons. The van der Waals surface area contributed by atoms with Crippen molar-refractivity contribution in [2.45, 2.75) is 18.3 Å². The number of benzene rings is 2. The van der Waals surface area contributed by atoms with Crippen LogP contribution < -0.4 is 0 Å². The lowest BCUT2D eigenvalue weighted by Gasteiger charge is -2.38. The highest BCUT2D eigenvalue weighted by molar-refractivity contribution is 7.56. The largest absolute Gasteiger partial charge is 0.112 e. The van der Waals surface area contributed by atoms with E-state index in [1.165, 1.54) is 22.9 Å². The van der Waals surface area contributed by atoms with Gasteiger partial charge >= 0.3 is 0 Å². The fraction of sp³-hybridized carbons (Fsp3) is 0.300. The predicted molar refractivity (Wildman–Crippen MR) is 95.6 cm³/mol. The minimum absolute atomic E-state index is 0.0487. The second-order valence-corrected chi connectivity index (χ2v) is 8.96. The van der Waals surface area contributed by atoms with Crippen LogP contribution in [0.2, 0.25) is 0 Å². The molecular formula is C20H23P. The van der Waals surface area contributed by atoms with Gasteiger partial charge in [0.25, 0.3) is 0 Å². The van der Waals surface area contributed by atoms with E-state index in [4.69, 9.17) is 0 Å². The van der Waals surface area contributed by atoms with Gasteiger partial charge in [0.05, 0.1) is 0 Å². The van der Waals surface area contributed by atoms with Gasteiger partial charge in [-0.15, -0.1) is 7.92 Å². The van der Waals surface area contributed by atoms with E-state index in [0.29, 0.717) is 5.92 Å². The van der Waals surface area contributed by atoms with E-state index in [-0.39, 0.29) is 13.3 Å². The van der Waals surface area contributed by atoms with Crippen LogP contribution in [0.15, 0.2) is 60.7 Å². The summed E-state index contributed by atoms with van der Waals surface area (Å²) >= 11 is 0. The van der Waals surface area contributed by atoms with E-state index >= 15 is 0 Å². The molecule has 3 rings (SSSR count). The van der Waals surface area contributed by atoms with Crippen LogP contribution in [0.3, 0.4) is 0 Å². The molecule has 0 aromatic heterocycles. The molecule has 0 heterocycles. The molecule has 0 N–H and O–H groups in total. The first-order valence-electron chi connectivity index (χ1n) is 7.58. The minimum Gasteiger partial charge on any atom is -0.112 e. The molecule has 2 atom stereocenters. The normalized spacial score (nSPS) is 19.5. The molecule has 0 fully saturated rings. The summed E-state index contributed by atoms with van der Waals surface area (Å²) < 4.78 is 0. The van der Waals surface area contributed by atoms with Crippen LogP contribution in [0.4, 0.5) is 0 Å². The second-order valence-electron chi connectivity index (χ2n) is 6.49. The van der Waals surface area contributed by atoms with Crippen molar-refractivity contribution >= 4 is 14.0 Å². The SMILES string of the molecule is CP(C)CC(C)(c1ccccc1)C1C=Cc2ccccc21. The van der Waals surface area contributed by atoms with Crippen molar-refractivity contribution in [2.24, 2.45) is 0 Å². The number of hydrogen-bond donors (Lipinski definition) is 0. The summed E-state index contributed by atoms with van der Waals surface area (Å²) in [4.78, 5) is 0. The van der Waals surface area contributed by atoms with Crippen molar-refractivity contribution in [3.8, 4) is 0 Å². The smallest absolute Gasteiger partial charge is 0.0125 e. The Labute approximate surface area is 129 Å². The lowest BCUT2D eigenvalue weighted by molar-refractivity contribution is 0.481. The summed E-state index contributed by atoms with van der Waals surface area (Å²) in [6, 6.07) is 19.9. The lowest BCUT2D eigenvalue weighted by Crippen LogP contribution is -2.32. The number of fused-ring (bicyclic) bond motifs is 1. The van der Waals surface area contributed by atoms with Crippen molar-refractivity contribution in [3.05, 3.63) is 77.4 Å². The quantitative estimate of drug-likeness (QED) is 0.653. The number of hydrogen-bond acceptors (Lipinski definition) is 0. The molecule has 1 heteroatoms. The highest BCUT2D eigenvalue weighted by Gasteiger charge is 2.38. The van der Waals surface area contributed by atoms with Gasteiger partial charge in [-0.1, -0.05) is 73.7 Å². The van der Waals surface area contributed by atoms with E-state index in [2.05, 4.69) is 87.0 Å². The third-order valence-electron chi connectivity index (χ3n) is 4.56. The fourth-order valence-corrected chi connectivity index (χ4v) is 5.34. The van der Waals surface area contributed by atoms with Gasteiger partial charge < -0.3 is 0 Å². The molecule has 0 saturated heterocycles. The Hall–Kier alpha value is -1.39. The van der Waals surface area contributed by atoms with E-state index in [1.807, 2.05) is 0 Å². The lowest BCUT2D eigenvalue weighted by atomic mass is 9.71. The van der Waals surface area contributed by atoms with E-state index in [0.717, 1.165) is 0 Å². The second kappa shape index (κ2) is 5.78. The maximum Gasteiger partial charge on any atom is 0.0125 e. The Morgan fingerprint density at radius 1 is 0.952 bits per heavy atom. The molecule has 0 bridgehead atoms. The number of allylic oxidation sites excluding steroid dienone is 1. The molecule has 0 amide bonds. The van der Waals surface area contributed by atoms with Crippen LogP contribution in [-0.2, 0) is 5.41 Å². The van der Waals surface area contributed by atoms with Crippen LogP contribution in [0.5, 0.6) is 0 Å². The summed E-state index contributed by atoms with van der Waals surface area (Å²) in [5.41, 5.74) is 4.52. The third kappa shape index (κ3) is 2.70. The summed E-state index contributed by atoms with van der Waals surface area (Å²) in [6.07, 6.45) is 5.97. The molecule has 2 aromatic carbocycles. The standard InChI is InChI=1S/C20H23P/c1-20(15-21(2)3,17-10-5-4-6-11-17)19-14-13-16-9-7-8-12-18(16)19/h4-14,19H,15H2,1-3H3. The van der Waals surface area contributed by atoms with Crippen molar-refractivity contribution in [1.29, 1.82) is 0 Å². The molecule has 2 aromatic rings. The Kier molecular flexibility index (Phi) is 4.00. The molecule has 1 aliphatic rings. The zero-order valence-electron chi connectivity index (χ0n) is 13.1. The Morgan fingerprint density at radius 2 is 1.62 bits per heavy atom. The summed E-state index contributed by atoms with van der Waals surface area (Å²) in [5, 5.41) is 0. The van der Waals surface area contributed by atoms with Gasteiger partial charge in [0, 0.05) is 11.3 Å². The highest BCUT2D eigenvalue weighted by atomic mass is 31.1. The summed E-state index contributed by atoms with van der Waals surface area (Å²) in [7, 11) is 0.0487. The third-order valence-corrected chi connectivity index (χ3v) is 5.85. The Bertz CT molecular complexity index is 642. The van der Waals surface area contributed by atoms with Gasteiger partial charge in [-0.2, -0.15) is 0 Å². The van der Waals surface area contributed by atoms with Gasteiger partial charge in [-0.05, 0) is 36.2 Å². The molecule has 0 radical (unpaired) electrons. The summed E-state index contributed by atoms with van der Waals surface area (Å²) in [6.45, 7) is 7.23. The minimum atomic E-state index is 0.0487. The molecular weight excluding hydrogens is 271 g/mol. The van der Waals surface area contributed by atoms with Gasteiger partial charge in [0.1, 0.15) is 0 Å². The average molecular weight is 294 g/mol. The first-order chi connectivity index (χ1) is 10.1. The monoisotopic (exact) mass is 294 g/mol. The van der Waals surface area contributed by atoms with Gasteiger partial charge in [0.2, 0.25) is 0 Å². The van der Waals surface area contributed by atoms with Gasteiger partial charge in [-0.3, -0.25) is 0 Å². The molecule has 21 heavy (non-hydrogen) atoms. The van der Waals surface area contributed by atoms with Crippen LogP contribution in [0.25, 0.3) is 6.08 Å². The van der Waals surface area contributed by atoms with Gasteiger partial charge in [-0.25, -0.2) is 0 Å². The zero-order chi connectivity index (χ0) is 14.9. The molecule has 0 saturated carbocycles. The first kappa shape index (κ1) is 14.5. The van der Waals surface area contributed by atoms with Crippen molar-refractivity contribution < 1.29 is 0 Å². The molecule has 0 nitrogen and oxygen atoms in total. The Morgan fingerprint density at radius 3 is 2.33 bits per heavy atom. The van der Waals surface area contributed by atoms with Crippen molar-refractivity contribution in [2.75, 3.05) is 19.5 Å². The fourth-order valence-electron chi connectivity index (χ4n) is 3.65. The zero-order valence-corrected chi connectivity index (χ0v) is 14.0. The first-order valence-corrected chi connectivity index (χ1v) is 10.0. The molecule has 2 unspecified atom stereocenters. The van der Waals surface area contributed by atoms with Crippen molar-refractivity contribution in [3.63, 3.8) is 0 Å². The molecule has 0 spiro atoms.